The number of nitrogens with zero attached hydrogens (tertiary/aromatic N) is 3. The Labute approximate surface area is 125 Å². The zero-order chi connectivity index (χ0) is 15.0. The molecule has 3 N–H and O–H groups in total. The Morgan fingerprint density at radius 2 is 2.29 bits per heavy atom. The predicted octanol–water partition coefficient (Wildman–Crippen LogP) is 0.624. The average molecular weight is 305 g/mol. The number of nitrogen functional groups attached to an aromatic ring is 1. The SMILES string of the molecule is CN(CC(=O)NC1CC1)C(=O)c1sc2nnccc2c1N. The summed E-state index contributed by atoms with van der Waals surface area (Å²) in [7, 11) is 1.59. The first kappa shape index (κ1) is 13.7. The fourth-order valence-electron chi connectivity index (χ4n) is 1.99. The minimum absolute atomic E-state index is 0.0225. The van der Waals surface area contributed by atoms with Crippen LogP contribution in [0.1, 0.15) is 22.5 Å². The zero-order valence-electron chi connectivity index (χ0n) is 11.5. The number of fused-ring (bicyclic) bond motifs is 1. The second-order valence-electron chi connectivity index (χ2n) is 5.10. The maximum Gasteiger partial charge on any atom is 0.266 e. The first-order valence-corrected chi connectivity index (χ1v) is 7.42. The Balaban J connectivity index is 1.75. The number of carbonyl (C=O) groups is 2. The Hall–Kier alpha value is -2.22. The summed E-state index contributed by atoms with van der Waals surface area (Å²) in [5, 5.41) is 11.3. The summed E-state index contributed by atoms with van der Waals surface area (Å²) in [5.41, 5.74) is 6.39. The number of nitrogens with one attached hydrogen (secondary N) is 1. The lowest BCUT2D eigenvalue weighted by Gasteiger charge is -2.16. The van der Waals surface area contributed by atoms with Gasteiger partial charge in [-0.1, -0.05) is 0 Å². The fourth-order valence-corrected chi connectivity index (χ4v) is 3.03. The van der Waals surface area contributed by atoms with Crippen molar-refractivity contribution in [3.63, 3.8) is 0 Å². The molecule has 0 aromatic carbocycles. The molecular formula is C13H15N5O2S. The Morgan fingerprint density at radius 1 is 1.52 bits per heavy atom. The molecule has 1 aliphatic carbocycles. The number of carbonyl (C=O) groups excluding carboxylic acids is 2. The molecule has 110 valence electrons. The van der Waals surface area contributed by atoms with Crippen molar-refractivity contribution in [1.82, 2.24) is 20.4 Å². The molecule has 0 radical (unpaired) electrons. The molecular weight excluding hydrogens is 290 g/mol. The quantitative estimate of drug-likeness (QED) is 0.862. The van der Waals surface area contributed by atoms with Crippen molar-refractivity contribution in [3.8, 4) is 0 Å². The van der Waals surface area contributed by atoms with Crippen LogP contribution in [0.2, 0.25) is 0 Å². The van der Waals surface area contributed by atoms with Crippen molar-refractivity contribution in [2.75, 3.05) is 19.3 Å². The van der Waals surface area contributed by atoms with Gasteiger partial charge in [0.05, 0.1) is 18.4 Å². The Kier molecular flexibility index (Phi) is 3.46. The van der Waals surface area contributed by atoms with Gasteiger partial charge in [0.15, 0.2) is 0 Å². The van der Waals surface area contributed by atoms with Gasteiger partial charge >= 0.3 is 0 Å². The molecule has 0 saturated heterocycles. The third-order valence-electron chi connectivity index (χ3n) is 3.28. The van der Waals surface area contributed by atoms with Gasteiger partial charge in [0.1, 0.15) is 9.71 Å². The highest BCUT2D eigenvalue weighted by Gasteiger charge is 2.26. The van der Waals surface area contributed by atoms with Crippen molar-refractivity contribution in [1.29, 1.82) is 0 Å². The second kappa shape index (κ2) is 5.28. The maximum atomic E-state index is 12.4. The minimum atomic E-state index is -0.276. The third-order valence-corrected chi connectivity index (χ3v) is 4.38. The highest BCUT2D eigenvalue weighted by Crippen LogP contribution is 2.32. The molecule has 0 bridgehead atoms. The molecule has 0 spiro atoms. The van der Waals surface area contributed by atoms with Crippen LogP contribution in [0.15, 0.2) is 12.3 Å². The lowest BCUT2D eigenvalue weighted by atomic mass is 10.2. The lowest BCUT2D eigenvalue weighted by Crippen LogP contribution is -2.39. The van der Waals surface area contributed by atoms with Gasteiger partial charge in [0.25, 0.3) is 5.91 Å². The van der Waals surface area contributed by atoms with Gasteiger partial charge in [-0.25, -0.2) is 0 Å². The van der Waals surface area contributed by atoms with E-state index in [0.717, 1.165) is 12.8 Å². The highest BCUT2D eigenvalue weighted by molar-refractivity contribution is 7.21. The van der Waals surface area contributed by atoms with Crippen LogP contribution in [-0.4, -0.2) is 46.5 Å². The van der Waals surface area contributed by atoms with Crippen LogP contribution < -0.4 is 11.1 Å². The van der Waals surface area contributed by atoms with Crippen LogP contribution in [0.25, 0.3) is 10.2 Å². The number of aromatic nitrogens is 2. The molecule has 7 nitrogen and oxygen atoms in total. The molecule has 2 aromatic heterocycles. The number of amides is 2. The van der Waals surface area contributed by atoms with Crippen LogP contribution in [0, 0.1) is 0 Å². The molecule has 1 aliphatic rings. The zero-order valence-corrected chi connectivity index (χ0v) is 12.3. The average Bonchev–Trinajstić information content (AvgIpc) is 3.21. The molecule has 3 rings (SSSR count). The van der Waals surface area contributed by atoms with E-state index in [1.807, 2.05) is 0 Å². The number of anilines is 1. The topological polar surface area (TPSA) is 101 Å². The Morgan fingerprint density at radius 3 is 2.95 bits per heavy atom. The minimum Gasteiger partial charge on any atom is -0.397 e. The van der Waals surface area contributed by atoms with Crippen molar-refractivity contribution >= 4 is 39.1 Å². The molecule has 2 heterocycles. The summed E-state index contributed by atoms with van der Waals surface area (Å²) in [6.07, 6.45) is 3.57. The molecule has 2 amide bonds. The molecule has 0 aliphatic heterocycles. The fraction of sp³-hybridized carbons (Fsp3) is 0.385. The first-order chi connectivity index (χ1) is 10.1. The summed E-state index contributed by atoms with van der Waals surface area (Å²) in [6.45, 7) is 0.0225. The summed E-state index contributed by atoms with van der Waals surface area (Å²) in [6, 6.07) is 2.01. The maximum absolute atomic E-state index is 12.4. The van der Waals surface area contributed by atoms with Crippen molar-refractivity contribution in [2.45, 2.75) is 18.9 Å². The number of hydrogen-bond acceptors (Lipinski definition) is 6. The summed E-state index contributed by atoms with van der Waals surface area (Å²) in [4.78, 5) is 26.5. The first-order valence-electron chi connectivity index (χ1n) is 6.60. The largest absolute Gasteiger partial charge is 0.397 e. The van der Waals surface area contributed by atoms with E-state index < -0.39 is 0 Å². The van der Waals surface area contributed by atoms with Crippen molar-refractivity contribution in [3.05, 3.63) is 17.1 Å². The van der Waals surface area contributed by atoms with Gasteiger partial charge in [-0.2, -0.15) is 5.10 Å². The molecule has 0 unspecified atom stereocenters. The van der Waals surface area contributed by atoms with E-state index in [0.29, 0.717) is 20.8 Å². The summed E-state index contributed by atoms with van der Waals surface area (Å²) in [5.74, 6) is -0.422. The van der Waals surface area contributed by atoms with E-state index in [-0.39, 0.29) is 24.4 Å². The van der Waals surface area contributed by atoms with Crippen molar-refractivity contribution in [2.24, 2.45) is 0 Å². The Bertz CT molecular complexity index is 710. The van der Waals surface area contributed by atoms with E-state index in [1.54, 1.807) is 13.1 Å². The second-order valence-corrected chi connectivity index (χ2v) is 6.10. The molecule has 2 aromatic rings. The number of thiophene rings is 1. The summed E-state index contributed by atoms with van der Waals surface area (Å²) >= 11 is 1.19. The standard InChI is InChI=1S/C13H15N5O2S/c1-18(6-9(19)16-7-2-3-7)13(20)11-10(14)8-4-5-15-17-12(8)21-11/h4-5,7H,2-3,6,14H2,1H3,(H,16,19). The van der Waals surface area contributed by atoms with Crippen LogP contribution >= 0.6 is 11.3 Å². The van der Waals surface area contributed by atoms with E-state index in [9.17, 15) is 9.59 Å². The van der Waals surface area contributed by atoms with Gasteiger partial charge in [-0.05, 0) is 18.9 Å². The molecule has 0 atom stereocenters. The third kappa shape index (κ3) is 2.80. The highest BCUT2D eigenvalue weighted by atomic mass is 32.1. The van der Waals surface area contributed by atoms with Crippen LogP contribution in [0.4, 0.5) is 5.69 Å². The normalized spacial score (nSPS) is 14.1. The van der Waals surface area contributed by atoms with Gasteiger partial charge in [0, 0.05) is 18.5 Å². The van der Waals surface area contributed by atoms with E-state index in [2.05, 4.69) is 15.5 Å². The van der Waals surface area contributed by atoms with Crippen LogP contribution in [0.3, 0.4) is 0 Å². The summed E-state index contributed by atoms with van der Waals surface area (Å²) < 4.78 is 0. The molecule has 1 fully saturated rings. The van der Waals surface area contributed by atoms with Gasteiger partial charge in [-0.15, -0.1) is 16.4 Å². The van der Waals surface area contributed by atoms with Gasteiger partial charge in [0.2, 0.25) is 5.91 Å². The molecule has 1 saturated carbocycles. The number of rotatable bonds is 4. The van der Waals surface area contributed by atoms with Crippen molar-refractivity contribution < 1.29 is 9.59 Å². The predicted molar refractivity (Wildman–Crippen MR) is 80.0 cm³/mol. The molecule has 21 heavy (non-hydrogen) atoms. The number of likely N-dealkylation sites (N-methyl/N-ethyl adjacent to an activating group) is 1. The van der Waals surface area contributed by atoms with Crippen LogP contribution in [0.5, 0.6) is 0 Å². The smallest absolute Gasteiger partial charge is 0.266 e. The number of nitrogens with two attached hydrogens (primary N) is 1. The van der Waals surface area contributed by atoms with E-state index in [1.165, 1.54) is 22.4 Å². The number of hydrogen-bond donors (Lipinski definition) is 2. The lowest BCUT2D eigenvalue weighted by molar-refractivity contribution is -0.121. The van der Waals surface area contributed by atoms with E-state index in [4.69, 9.17) is 5.73 Å². The van der Waals surface area contributed by atoms with Crippen LogP contribution in [-0.2, 0) is 4.79 Å². The van der Waals surface area contributed by atoms with Gasteiger partial charge in [-0.3, -0.25) is 9.59 Å². The monoisotopic (exact) mass is 305 g/mol. The molecule has 8 heteroatoms. The van der Waals surface area contributed by atoms with E-state index >= 15 is 0 Å². The van der Waals surface area contributed by atoms with Gasteiger partial charge < -0.3 is 16.0 Å².